The van der Waals surface area contributed by atoms with E-state index >= 15 is 0 Å². The average Bonchev–Trinajstić information content (AvgIpc) is 3.11. The number of aryl methyl sites for hydroxylation is 2. The van der Waals surface area contributed by atoms with E-state index in [1.807, 2.05) is 0 Å². The van der Waals surface area contributed by atoms with Crippen LogP contribution in [0.4, 0.5) is 0 Å². The SMILES string of the molecule is Cc1cc(C2OCCO2)c(C)cc1CN[C@@]1(C)CCOC1. The second-order valence-corrected chi connectivity index (χ2v) is 6.43. The summed E-state index contributed by atoms with van der Waals surface area (Å²) in [5, 5.41) is 3.64. The molecule has 0 bridgehead atoms. The second kappa shape index (κ2) is 6.05. The lowest BCUT2D eigenvalue weighted by Gasteiger charge is -2.25. The zero-order valence-electron chi connectivity index (χ0n) is 13.2. The van der Waals surface area contributed by atoms with E-state index in [1.165, 1.54) is 16.7 Å². The quantitative estimate of drug-likeness (QED) is 0.925. The molecule has 1 N–H and O–H groups in total. The molecular weight excluding hydrogens is 266 g/mol. The van der Waals surface area contributed by atoms with E-state index in [1.54, 1.807) is 0 Å². The highest BCUT2D eigenvalue weighted by Gasteiger charge is 2.29. The Morgan fingerprint density at radius 1 is 1.14 bits per heavy atom. The van der Waals surface area contributed by atoms with Crippen LogP contribution in [0.3, 0.4) is 0 Å². The first kappa shape index (κ1) is 15.0. The van der Waals surface area contributed by atoms with Crippen molar-refractivity contribution in [3.8, 4) is 0 Å². The largest absolute Gasteiger partial charge is 0.379 e. The fourth-order valence-electron chi connectivity index (χ4n) is 3.00. The molecule has 2 aliphatic heterocycles. The molecule has 0 unspecified atom stereocenters. The first-order valence-corrected chi connectivity index (χ1v) is 7.73. The molecule has 2 fully saturated rings. The van der Waals surface area contributed by atoms with Crippen LogP contribution in [0.15, 0.2) is 12.1 Å². The molecule has 0 radical (unpaired) electrons. The van der Waals surface area contributed by atoms with Crippen LogP contribution in [0.1, 0.15) is 41.9 Å². The standard InChI is InChI=1S/C17H25NO3/c1-12-9-15(16-20-6-7-21-16)13(2)8-14(12)10-18-17(3)4-5-19-11-17/h8-9,16,18H,4-7,10-11H2,1-3H3/t17-/m0/s1. The molecule has 4 nitrogen and oxygen atoms in total. The van der Waals surface area contributed by atoms with Gasteiger partial charge in [-0.25, -0.2) is 0 Å². The van der Waals surface area contributed by atoms with Gasteiger partial charge in [-0.05, 0) is 43.9 Å². The van der Waals surface area contributed by atoms with Crippen LogP contribution < -0.4 is 5.32 Å². The van der Waals surface area contributed by atoms with Crippen molar-refractivity contribution in [2.75, 3.05) is 26.4 Å². The summed E-state index contributed by atoms with van der Waals surface area (Å²) in [5.74, 6) is 0. The molecule has 0 saturated carbocycles. The van der Waals surface area contributed by atoms with Gasteiger partial charge in [0.15, 0.2) is 6.29 Å². The van der Waals surface area contributed by atoms with Crippen molar-refractivity contribution >= 4 is 0 Å². The number of rotatable bonds is 4. The molecule has 1 aromatic rings. The van der Waals surface area contributed by atoms with Gasteiger partial charge in [0.25, 0.3) is 0 Å². The normalized spacial score (nSPS) is 26.6. The van der Waals surface area contributed by atoms with E-state index in [-0.39, 0.29) is 11.8 Å². The highest BCUT2D eigenvalue weighted by molar-refractivity contribution is 5.38. The summed E-state index contributed by atoms with van der Waals surface area (Å²) < 4.78 is 16.7. The summed E-state index contributed by atoms with van der Waals surface area (Å²) in [5.41, 5.74) is 5.12. The van der Waals surface area contributed by atoms with Crippen LogP contribution in [0.2, 0.25) is 0 Å². The molecule has 2 heterocycles. The third-order valence-corrected chi connectivity index (χ3v) is 4.52. The van der Waals surface area contributed by atoms with Crippen LogP contribution in [0, 0.1) is 13.8 Å². The second-order valence-electron chi connectivity index (χ2n) is 6.43. The number of hydrogen-bond donors (Lipinski definition) is 1. The molecule has 2 aliphatic rings. The topological polar surface area (TPSA) is 39.7 Å². The minimum atomic E-state index is -0.188. The van der Waals surface area contributed by atoms with Gasteiger partial charge in [-0.2, -0.15) is 0 Å². The highest BCUT2D eigenvalue weighted by Crippen LogP contribution is 2.29. The minimum absolute atomic E-state index is 0.108. The Kier molecular flexibility index (Phi) is 4.31. The molecule has 3 rings (SSSR count). The fourth-order valence-corrected chi connectivity index (χ4v) is 3.00. The van der Waals surface area contributed by atoms with Crippen LogP contribution >= 0.6 is 0 Å². The van der Waals surface area contributed by atoms with Gasteiger partial charge in [0.1, 0.15) is 0 Å². The summed E-state index contributed by atoms with van der Waals surface area (Å²) in [6.07, 6.45) is 0.888. The van der Waals surface area contributed by atoms with Crippen LogP contribution in [0.5, 0.6) is 0 Å². The minimum Gasteiger partial charge on any atom is -0.379 e. The first-order chi connectivity index (χ1) is 10.1. The third-order valence-electron chi connectivity index (χ3n) is 4.52. The van der Waals surface area contributed by atoms with Crippen molar-refractivity contribution in [2.45, 2.75) is 45.6 Å². The molecule has 4 heteroatoms. The number of ether oxygens (including phenoxy) is 3. The number of hydrogen-bond acceptors (Lipinski definition) is 4. The molecule has 0 aliphatic carbocycles. The van der Waals surface area contributed by atoms with E-state index < -0.39 is 0 Å². The zero-order valence-corrected chi connectivity index (χ0v) is 13.2. The van der Waals surface area contributed by atoms with Crippen LogP contribution in [-0.4, -0.2) is 32.0 Å². The number of benzene rings is 1. The van der Waals surface area contributed by atoms with E-state index in [0.29, 0.717) is 13.2 Å². The van der Waals surface area contributed by atoms with Crippen molar-refractivity contribution in [1.82, 2.24) is 5.32 Å². The molecule has 21 heavy (non-hydrogen) atoms. The molecule has 0 spiro atoms. The predicted molar refractivity (Wildman–Crippen MR) is 81.2 cm³/mol. The molecule has 1 aromatic carbocycles. The van der Waals surface area contributed by atoms with Gasteiger partial charge in [-0.3, -0.25) is 0 Å². The monoisotopic (exact) mass is 291 g/mol. The van der Waals surface area contributed by atoms with Crippen molar-refractivity contribution in [1.29, 1.82) is 0 Å². The lowest BCUT2D eigenvalue weighted by atomic mass is 9.97. The van der Waals surface area contributed by atoms with Crippen molar-refractivity contribution < 1.29 is 14.2 Å². The Labute approximate surface area is 126 Å². The van der Waals surface area contributed by atoms with Crippen molar-refractivity contribution in [3.63, 3.8) is 0 Å². The maximum Gasteiger partial charge on any atom is 0.184 e. The van der Waals surface area contributed by atoms with Gasteiger partial charge in [-0.1, -0.05) is 12.1 Å². The predicted octanol–water partition coefficient (Wildman–Crippen LogP) is 2.62. The average molecular weight is 291 g/mol. The summed E-state index contributed by atoms with van der Waals surface area (Å²) in [4.78, 5) is 0. The van der Waals surface area contributed by atoms with Crippen molar-refractivity contribution in [2.24, 2.45) is 0 Å². The number of nitrogens with one attached hydrogen (secondary N) is 1. The Bertz CT molecular complexity index is 503. The molecule has 116 valence electrons. The molecule has 0 amide bonds. The molecule has 0 aromatic heterocycles. The van der Waals surface area contributed by atoms with Crippen LogP contribution in [0.25, 0.3) is 0 Å². The fraction of sp³-hybridized carbons (Fsp3) is 0.647. The molecule has 1 atom stereocenters. The summed E-state index contributed by atoms with van der Waals surface area (Å²) in [6.45, 7) is 10.4. The van der Waals surface area contributed by atoms with Gasteiger partial charge in [0.05, 0.1) is 19.8 Å². The lowest BCUT2D eigenvalue weighted by Crippen LogP contribution is -2.42. The summed E-state index contributed by atoms with van der Waals surface area (Å²) in [7, 11) is 0. The van der Waals surface area contributed by atoms with E-state index in [4.69, 9.17) is 14.2 Å². The van der Waals surface area contributed by atoms with Crippen molar-refractivity contribution in [3.05, 3.63) is 34.4 Å². The van der Waals surface area contributed by atoms with E-state index in [0.717, 1.165) is 31.7 Å². The van der Waals surface area contributed by atoms with Gasteiger partial charge >= 0.3 is 0 Å². The lowest BCUT2D eigenvalue weighted by molar-refractivity contribution is -0.0445. The Hall–Kier alpha value is -0.940. The van der Waals surface area contributed by atoms with Gasteiger partial charge in [0, 0.05) is 24.3 Å². The highest BCUT2D eigenvalue weighted by atomic mass is 16.7. The van der Waals surface area contributed by atoms with Gasteiger partial charge < -0.3 is 19.5 Å². The summed E-state index contributed by atoms with van der Waals surface area (Å²) >= 11 is 0. The first-order valence-electron chi connectivity index (χ1n) is 7.73. The smallest absolute Gasteiger partial charge is 0.184 e. The zero-order chi connectivity index (χ0) is 14.9. The summed E-state index contributed by atoms with van der Waals surface area (Å²) in [6, 6.07) is 4.46. The Balaban J connectivity index is 1.72. The Morgan fingerprint density at radius 2 is 1.90 bits per heavy atom. The molecular formula is C17H25NO3. The maximum atomic E-state index is 5.62. The third kappa shape index (κ3) is 3.29. The van der Waals surface area contributed by atoms with E-state index in [2.05, 4.69) is 38.2 Å². The van der Waals surface area contributed by atoms with Gasteiger partial charge in [0.2, 0.25) is 0 Å². The maximum absolute atomic E-state index is 5.62. The van der Waals surface area contributed by atoms with Gasteiger partial charge in [-0.15, -0.1) is 0 Å². The van der Waals surface area contributed by atoms with E-state index in [9.17, 15) is 0 Å². The van der Waals surface area contributed by atoms with Crippen LogP contribution in [-0.2, 0) is 20.8 Å². The Morgan fingerprint density at radius 3 is 2.57 bits per heavy atom. The molecule has 2 saturated heterocycles.